The Balaban J connectivity index is 1.41. The Labute approximate surface area is 175 Å². The van der Waals surface area contributed by atoms with E-state index in [1.54, 1.807) is 47.9 Å². The Kier molecular flexibility index (Phi) is 5.37. The number of carbonyl (C=O) groups is 2. The quantitative estimate of drug-likeness (QED) is 0.726. The van der Waals surface area contributed by atoms with Gasteiger partial charge in [0.25, 0.3) is 5.91 Å². The lowest BCUT2D eigenvalue weighted by atomic mass is 10.1. The molecule has 2 aromatic rings. The molecule has 2 saturated heterocycles. The highest BCUT2D eigenvalue weighted by atomic mass is 32.2. The van der Waals surface area contributed by atoms with Gasteiger partial charge in [0.05, 0.1) is 0 Å². The van der Waals surface area contributed by atoms with E-state index in [9.17, 15) is 18.0 Å². The number of hydrogen-bond donors (Lipinski definition) is 0. The van der Waals surface area contributed by atoms with Crippen LogP contribution in [0.2, 0.25) is 0 Å². The molecular formula is C20H24N4O5S. The normalized spacial score (nSPS) is 18.3. The SMILES string of the molecule is Cc1noc(C)c1S(=O)(=O)N1CCN(C(=O)c2ccc(N3CCCC3=O)cc2)CC1. The van der Waals surface area contributed by atoms with E-state index in [4.69, 9.17) is 4.52 Å². The molecule has 3 heterocycles. The van der Waals surface area contributed by atoms with Crippen LogP contribution in [0.25, 0.3) is 0 Å². The van der Waals surface area contributed by atoms with E-state index in [0.717, 1.165) is 12.1 Å². The fourth-order valence-corrected chi connectivity index (χ4v) is 5.70. The van der Waals surface area contributed by atoms with Gasteiger partial charge < -0.3 is 14.3 Å². The average Bonchev–Trinajstić information content (AvgIpc) is 3.32. The molecule has 1 aromatic carbocycles. The fraction of sp³-hybridized carbons (Fsp3) is 0.450. The van der Waals surface area contributed by atoms with Gasteiger partial charge in [-0.15, -0.1) is 0 Å². The minimum Gasteiger partial charge on any atom is -0.360 e. The van der Waals surface area contributed by atoms with Crippen molar-refractivity contribution in [3.8, 4) is 0 Å². The van der Waals surface area contributed by atoms with Gasteiger partial charge in [0, 0.05) is 50.4 Å². The van der Waals surface area contributed by atoms with E-state index in [1.165, 1.54) is 4.31 Å². The van der Waals surface area contributed by atoms with Crippen LogP contribution in [-0.4, -0.2) is 67.3 Å². The van der Waals surface area contributed by atoms with Crippen molar-refractivity contribution >= 4 is 27.5 Å². The second-order valence-electron chi connectivity index (χ2n) is 7.55. The number of piperazine rings is 1. The first-order valence-corrected chi connectivity index (χ1v) is 11.4. The summed E-state index contributed by atoms with van der Waals surface area (Å²) in [6.45, 7) is 4.89. The zero-order valence-electron chi connectivity index (χ0n) is 17.0. The van der Waals surface area contributed by atoms with E-state index in [1.807, 2.05) is 0 Å². The smallest absolute Gasteiger partial charge is 0.253 e. The van der Waals surface area contributed by atoms with Gasteiger partial charge in [-0.2, -0.15) is 4.31 Å². The molecule has 0 spiro atoms. The molecule has 4 rings (SSSR count). The highest BCUT2D eigenvalue weighted by Gasteiger charge is 2.34. The summed E-state index contributed by atoms with van der Waals surface area (Å²) in [5, 5.41) is 3.73. The third-order valence-corrected chi connectivity index (χ3v) is 7.73. The number of aryl methyl sites for hydroxylation is 2. The Morgan fingerprint density at radius 3 is 2.23 bits per heavy atom. The maximum Gasteiger partial charge on any atom is 0.253 e. The van der Waals surface area contributed by atoms with Gasteiger partial charge >= 0.3 is 0 Å². The molecule has 0 atom stereocenters. The molecule has 0 unspecified atom stereocenters. The summed E-state index contributed by atoms with van der Waals surface area (Å²) < 4.78 is 32.2. The Hall–Kier alpha value is -2.72. The van der Waals surface area contributed by atoms with Crippen molar-refractivity contribution in [2.24, 2.45) is 0 Å². The number of nitrogens with zero attached hydrogens (tertiary/aromatic N) is 4. The monoisotopic (exact) mass is 432 g/mol. The van der Waals surface area contributed by atoms with Crippen LogP contribution in [0, 0.1) is 13.8 Å². The molecule has 0 aliphatic carbocycles. The third-order valence-electron chi connectivity index (χ3n) is 5.59. The summed E-state index contributed by atoms with van der Waals surface area (Å²) in [5.74, 6) is 0.218. The molecule has 0 bridgehead atoms. The lowest BCUT2D eigenvalue weighted by molar-refractivity contribution is -0.117. The van der Waals surface area contributed by atoms with E-state index < -0.39 is 10.0 Å². The van der Waals surface area contributed by atoms with E-state index >= 15 is 0 Å². The summed E-state index contributed by atoms with van der Waals surface area (Å²) in [6, 6.07) is 7.01. The molecule has 2 fully saturated rings. The molecule has 0 radical (unpaired) electrons. The van der Waals surface area contributed by atoms with Gasteiger partial charge in [-0.1, -0.05) is 5.16 Å². The standard InChI is InChI=1S/C20H24N4O5S/c1-14-19(15(2)29-21-14)30(27,28)23-12-10-22(11-13-23)20(26)16-5-7-17(8-6-16)24-9-3-4-18(24)25/h5-8H,3-4,9-13H2,1-2H3. The molecule has 30 heavy (non-hydrogen) atoms. The van der Waals surface area contributed by atoms with Gasteiger partial charge in [0.1, 0.15) is 10.6 Å². The Morgan fingerprint density at radius 1 is 1.03 bits per heavy atom. The Bertz CT molecular complexity index is 1050. The van der Waals surface area contributed by atoms with Crippen LogP contribution >= 0.6 is 0 Å². The van der Waals surface area contributed by atoms with E-state index in [0.29, 0.717) is 37.3 Å². The number of hydrogen-bond acceptors (Lipinski definition) is 6. The van der Waals surface area contributed by atoms with Crippen molar-refractivity contribution in [1.82, 2.24) is 14.4 Å². The summed E-state index contributed by atoms with van der Waals surface area (Å²) in [4.78, 5) is 28.2. The fourth-order valence-electron chi connectivity index (χ4n) is 3.99. The third kappa shape index (κ3) is 3.61. The van der Waals surface area contributed by atoms with Gasteiger partial charge in [-0.05, 0) is 44.5 Å². The van der Waals surface area contributed by atoms with Crippen molar-refractivity contribution in [2.45, 2.75) is 31.6 Å². The zero-order valence-corrected chi connectivity index (χ0v) is 17.8. The number of aromatic nitrogens is 1. The Morgan fingerprint density at radius 2 is 1.70 bits per heavy atom. The molecule has 0 saturated carbocycles. The molecule has 1 aromatic heterocycles. The molecule has 2 aliphatic rings. The van der Waals surface area contributed by atoms with Gasteiger partial charge in [0.15, 0.2) is 5.76 Å². The van der Waals surface area contributed by atoms with Crippen molar-refractivity contribution in [3.05, 3.63) is 41.3 Å². The molecule has 2 amide bonds. The number of rotatable bonds is 4. The highest BCUT2D eigenvalue weighted by molar-refractivity contribution is 7.89. The lowest BCUT2D eigenvalue weighted by Crippen LogP contribution is -2.50. The summed E-state index contributed by atoms with van der Waals surface area (Å²) >= 11 is 0. The molecule has 9 nitrogen and oxygen atoms in total. The predicted octanol–water partition coefficient (Wildman–Crippen LogP) is 1.56. The molecule has 2 aliphatic heterocycles. The number of amides is 2. The minimum absolute atomic E-state index is 0.102. The number of sulfonamides is 1. The number of benzene rings is 1. The predicted molar refractivity (Wildman–Crippen MR) is 109 cm³/mol. The van der Waals surface area contributed by atoms with Crippen LogP contribution in [0.1, 0.15) is 34.7 Å². The largest absolute Gasteiger partial charge is 0.360 e. The van der Waals surface area contributed by atoms with E-state index in [2.05, 4.69) is 5.16 Å². The van der Waals surface area contributed by atoms with Crippen LogP contribution in [0.3, 0.4) is 0 Å². The van der Waals surface area contributed by atoms with Gasteiger partial charge in [-0.25, -0.2) is 8.42 Å². The summed E-state index contributed by atoms with van der Waals surface area (Å²) in [5.41, 5.74) is 1.65. The maximum atomic E-state index is 12.9. The molecular weight excluding hydrogens is 408 g/mol. The first kappa shape index (κ1) is 20.5. The van der Waals surface area contributed by atoms with Crippen molar-refractivity contribution in [3.63, 3.8) is 0 Å². The van der Waals surface area contributed by atoms with Crippen LogP contribution < -0.4 is 4.90 Å². The van der Waals surface area contributed by atoms with Crippen LogP contribution in [-0.2, 0) is 14.8 Å². The number of anilines is 1. The average molecular weight is 433 g/mol. The summed E-state index contributed by atoms with van der Waals surface area (Å²) in [6.07, 6.45) is 1.41. The maximum absolute atomic E-state index is 12.9. The first-order valence-electron chi connectivity index (χ1n) is 9.92. The zero-order chi connectivity index (χ0) is 21.5. The summed E-state index contributed by atoms with van der Waals surface area (Å²) in [7, 11) is -3.71. The second kappa shape index (κ2) is 7.84. The number of carbonyl (C=O) groups excluding carboxylic acids is 2. The van der Waals surface area contributed by atoms with Gasteiger partial charge in [0.2, 0.25) is 15.9 Å². The molecule has 0 N–H and O–H groups in total. The topological polar surface area (TPSA) is 104 Å². The highest BCUT2D eigenvalue weighted by Crippen LogP contribution is 2.25. The van der Waals surface area contributed by atoms with Crippen LogP contribution in [0.4, 0.5) is 5.69 Å². The van der Waals surface area contributed by atoms with Crippen molar-refractivity contribution in [2.75, 3.05) is 37.6 Å². The van der Waals surface area contributed by atoms with Crippen LogP contribution in [0.15, 0.2) is 33.7 Å². The lowest BCUT2D eigenvalue weighted by Gasteiger charge is -2.34. The minimum atomic E-state index is -3.71. The van der Waals surface area contributed by atoms with Crippen LogP contribution in [0.5, 0.6) is 0 Å². The van der Waals surface area contributed by atoms with Crippen molar-refractivity contribution < 1.29 is 22.5 Å². The second-order valence-corrected chi connectivity index (χ2v) is 9.42. The molecule has 10 heteroatoms. The molecule has 160 valence electrons. The first-order chi connectivity index (χ1) is 14.3. The van der Waals surface area contributed by atoms with Gasteiger partial charge in [-0.3, -0.25) is 9.59 Å². The van der Waals surface area contributed by atoms with Crippen molar-refractivity contribution in [1.29, 1.82) is 0 Å². The van der Waals surface area contributed by atoms with E-state index in [-0.39, 0.29) is 35.6 Å².